The van der Waals surface area contributed by atoms with Crippen molar-refractivity contribution in [3.8, 4) is 11.3 Å². The highest BCUT2D eigenvalue weighted by Crippen LogP contribution is 2.38. The molecular weight excluding hydrogens is 347 g/mol. The highest BCUT2D eigenvalue weighted by Gasteiger charge is 2.38. The molecule has 1 aliphatic carbocycles. The standard InChI is InChI=1S/C19H19FN6O/c20-13-8-25(9-13)19(27)18(21)15-4-1-11-5-12(2-3-14(11)15)16-6-22-7-17-23-10-24-26(16)17/h2-3,5-7,10,13,15,18H,1,4,8-9,21H2/t15-,18-/m0/s1. The first kappa shape index (κ1) is 16.3. The molecule has 0 unspecified atom stereocenters. The maximum atomic E-state index is 13.0. The third-order valence-corrected chi connectivity index (χ3v) is 5.62. The number of hydrogen-bond acceptors (Lipinski definition) is 5. The van der Waals surface area contributed by atoms with Crippen molar-refractivity contribution >= 4 is 11.6 Å². The van der Waals surface area contributed by atoms with E-state index in [1.807, 2.05) is 12.1 Å². The number of nitrogens with zero attached hydrogens (tertiary/aromatic N) is 5. The van der Waals surface area contributed by atoms with Crippen LogP contribution in [0.2, 0.25) is 0 Å². The van der Waals surface area contributed by atoms with E-state index in [0.717, 1.165) is 29.7 Å². The summed E-state index contributed by atoms with van der Waals surface area (Å²) in [5.41, 5.74) is 11.1. The number of carbonyl (C=O) groups excluding carboxylic acids is 1. The maximum absolute atomic E-state index is 13.0. The van der Waals surface area contributed by atoms with Gasteiger partial charge in [-0.1, -0.05) is 12.1 Å². The monoisotopic (exact) mass is 366 g/mol. The predicted octanol–water partition coefficient (Wildman–Crippen LogP) is 1.33. The van der Waals surface area contributed by atoms with Crippen LogP contribution in [-0.2, 0) is 11.2 Å². The van der Waals surface area contributed by atoms with Crippen molar-refractivity contribution < 1.29 is 9.18 Å². The van der Waals surface area contributed by atoms with Crippen molar-refractivity contribution in [2.75, 3.05) is 13.1 Å². The first-order valence-corrected chi connectivity index (χ1v) is 9.07. The molecule has 2 aromatic heterocycles. The van der Waals surface area contributed by atoms with Crippen LogP contribution in [0.5, 0.6) is 0 Å². The number of rotatable bonds is 3. The van der Waals surface area contributed by atoms with Gasteiger partial charge in [0, 0.05) is 11.5 Å². The van der Waals surface area contributed by atoms with Crippen LogP contribution in [-0.4, -0.2) is 55.7 Å². The minimum Gasteiger partial charge on any atom is -0.335 e. The normalized spacial score (nSPS) is 20.5. The SMILES string of the molecule is N[C@H](C(=O)N1CC(F)C1)[C@H]1CCc2cc(-c3cncc4ncnn34)ccc21. The number of aryl methyl sites for hydroxylation is 1. The van der Waals surface area contributed by atoms with Crippen LogP contribution in [0.4, 0.5) is 4.39 Å². The molecule has 7 nitrogen and oxygen atoms in total. The first-order valence-electron chi connectivity index (χ1n) is 9.07. The van der Waals surface area contributed by atoms with Crippen molar-refractivity contribution in [3.63, 3.8) is 0 Å². The van der Waals surface area contributed by atoms with Crippen molar-refractivity contribution in [2.24, 2.45) is 5.73 Å². The lowest BCUT2D eigenvalue weighted by Gasteiger charge is -2.37. The van der Waals surface area contributed by atoms with E-state index in [9.17, 15) is 9.18 Å². The van der Waals surface area contributed by atoms with Crippen molar-refractivity contribution in [1.82, 2.24) is 24.5 Å². The van der Waals surface area contributed by atoms with E-state index in [-0.39, 0.29) is 24.9 Å². The molecule has 138 valence electrons. The molecule has 0 spiro atoms. The van der Waals surface area contributed by atoms with Gasteiger partial charge in [-0.2, -0.15) is 5.10 Å². The summed E-state index contributed by atoms with van der Waals surface area (Å²) in [7, 11) is 0. The molecule has 2 aliphatic rings. The lowest BCUT2D eigenvalue weighted by Crippen LogP contribution is -2.57. The third kappa shape index (κ3) is 2.59. The highest BCUT2D eigenvalue weighted by molar-refractivity contribution is 5.84. The highest BCUT2D eigenvalue weighted by atomic mass is 19.1. The van der Waals surface area contributed by atoms with E-state index in [1.54, 1.807) is 16.9 Å². The zero-order chi connectivity index (χ0) is 18.5. The van der Waals surface area contributed by atoms with Gasteiger partial charge < -0.3 is 10.6 Å². The van der Waals surface area contributed by atoms with E-state index in [0.29, 0.717) is 5.65 Å². The molecule has 0 saturated carbocycles. The van der Waals surface area contributed by atoms with E-state index in [2.05, 4.69) is 21.1 Å². The zero-order valence-electron chi connectivity index (χ0n) is 14.6. The molecule has 27 heavy (non-hydrogen) atoms. The quantitative estimate of drug-likeness (QED) is 0.755. The van der Waals surface area contributed by atoms with Gasteiger partial charge >= 0.3 is 0 Å². The van der Waals surface area contributed by atoms with Gasteiger partial charge in [0.15, 0.2) is 5.65 Å². The van der Waals surface area contributed by atoms with Gasteiger partial charge in [-0.05, 0) is 30.0 Å². The summed E-state index contributed by atoms with van der Waals surface area (Å²) >= 11 is 0. The van der Waals surface area contributed by atoms with Gasteiger partial charge in [0.05, 0.1) is 37.2 Å². The average molecular weight is 366 g/mol. The fraction of sp³-hybridized carbons (Fsp3) is 0.368. The number of nitrogens with two attached hydrogens (primary N) is 1. The summed E-state index contributed by atoms with van der Waals surface area (Å²) < 4.78 is 14.8. The van der Waals surface area contributed by atoms with Crippen molar-refractivity contribution in [1.29, 1.82) is 0 Å². The van der Waals surface area contributed by atoms with Crippen LogP contribution in [0.3, 0.4) is 0 Å². The van der Waals surface area contributed by atoms with Crippen LogP contribution in [0, 0.1) is 0 Å². The zero-order valence-corrected chi connectivity index (χ0v) is 14.6. The molecule has 0 bridgehead atoms. The molecule has 3 aromatic rings. The van der Waals surface area contributed by atoms with Crippen LogP contribution in [0.15, 0.2) is 36.9 Å². The fourth-order valence-electron chi connectivity index (χ4n) is 4.12. The molecular formula is C19H19FN6O. The minimum atomic E-state index is -0.910. The second-order valence-corrected chi connectivity index (χ2v) is 7.25. The van der Waals surface area contributed by atoms with E-state index >= 15 is 0 Å². The van der Waals surface area contributed by atoms with Gasteiger partial charge in [0.2, 0.25) is 5.91 Å². The van der Waals surface area contributed by atoms with E-state index in [1.165, 1.54) is 16.8 Å². The molecule has 1 amide bonds. The van der Waals surface area contributed by atoms with Gasteiger partial charge in [-0.25, -0.2) is 13.9 Å². The number of fused-ring (bicyclic) bond motifs is 2. The van der Waals surface area contributed by atoms with Crippen LogP contribution in [0.25, 0.3) is 16.9 Å². The molecule has 5 rings (SSSR count). The van der Waals surface area contributed by atoms with Crippen molar-refractivity contribution in [3.05, 3.63) is 48.0 Å². The second kappa shape index (κ2) is 6.09. The number of halogens is 1. The summed E-state index contributed by atoms with van der Waals surface area (Å²) in [6.07, 6.45) is 5.72. The fourth-order valence-corrected chi connectivity index (χ4v) is 4.12. The summed E-state index contributed by atoms with van der Waals surface area (Å²) in [6, 6.07) is 5.55. The first-order chi connectivity index (χ1) is 13.1. The topological polar surface area (TPSA) is 89.4 Å². The van der Waals surface area contributed by atoms with E-state index < -0.39 is 12.2 Å². The number of aromatic nitrogens is 4. The molecule has 1 fully saturated rings. The summed E-state index contributed by atoms with van der Waals surface area (Å²) in [6.45, 7) is 0.333. The van der Waals surface area contributed by atoms with Crippen LogP contribution in [0.1, 0.15) is 23.5 Å². The number of carbonyl (C=O) groups is 1. The molecule has 2 atom stereocenters. The molecule has 8 heteroatoms. The van der Waals surface area contributed by atoms with Crippen LogP contribution < -0.4 is 5.73 Å². The lowest BCUT2D eigenvalue weighted by atomic mass is 9.91. The Morgan fingerprint density at radius 2 is 2.15 bits per heavy atom. The number of likely N-dealkylation sites (tertiary alicyclic amines) is 1. The predicted molar refractivity (Wildman–Crippen MR) is 96.7 cm³/mol. The molecule has 2 N–H and O–H groups in total. The largest absolute Gasteiger partial charge is 0.335 e. The summed E-state index contributed by atoms with van der Waals surface area (Å²) in [5, 5.41) is 4.26. The Bertz CT molecular complexity index is 1030. The van der Waals surface area contributed by atoms with Gasteiger partial charge in [-0.15, -0.1) is 0 Å². The van der Waals surface area contributed by atoms with Crippen molar-refractivity contribution in [2.45, 2.75) is 31.0 Å². The lowest BCUT2D eigenvalue weighted by molar-refractivity contribution is -0.140. The number of alkyl halides is 1. The molecule has 1 saturated heterocycles. The number of hydrogen-bond donors (Lipinski definition) is 1. The van der Waals surface area contributed by atoms with E-state index in [4.69, 9.17) is 5.73 Å². The maximum Gasteiger partial charge on any atom is 0.240 e. The molecule has 1 aromatic carbocycles. The Hall–Kier alpha value is -2.87. The summed E-state index contributed by atoms with van der Waals surface area (Å²) in [5.74, 6) is -0.178. The smallest absolute Gasteiger partial charge is 0.240 e. The Morgan fingerprint density at radius 1 is 1.30 bits per heavy atom. The Balaban J connectivity index is 1.44. The second-order valence-electron chi connectivity index (χ2n) is 7.25. The average Bonchev–Trinajstić information content (AvgIpc) is 3.30. The molecule has 3 heterocycles. The summed E-state index contributed by atoms with van der Waals surface area (Å²) in [4.78, 5) is 22.4. The third-order valence-electron chi connectivity index (χ3n) is 5.62. The van der Waals surface area contributed by atoms with Crippen LogP contribution >= 0.6 is 0 Å². The minimum absolute atomic E-state index is 0.0273. The van der Waals surface area contributed by atoms with Gasteiger partial charge in [0.1, 0.15) is 12.5 Å². The molecule has 0 radical (unpaired) electrons. The Kier molecular flexibility index (Phi) is 3.68. The van der Waals surface area contributed by atoms with Gasteiger partial charge in [-0.3, -0.25) is 9.78 Å². The number of amides is 1. The van der Waals surface area contributed by atoms with Gasteiger partial charge in [0.25, 0.3) is 0 Å². The Labute approximate surface area is 155 Å². The Morgan fingerprint density at radius 3 is 2.96 bits per heavy atom. The number of benzene rings is 1. The molecule has 1 aliphatic heterocycles.